The van der Waals surface area contributed by atoms with E-state index in [2.05, 4.69) is 151 Å². The molecule has 0 spiro atoms. The van der Waals surface area contributed by atoms with E-state index in [0.29, 0.717) is 0 Å². The monoisotopic (exact) mass is 594 g/mol. The van der Waals surface area contributed by atoms with E-state index in [1.807, 2.05) is 72.8 Å². The van der Waals surface area contributed by atoms with Gasteiger partial charge in [0.25, 0.3) is 0 Å². The molecule has 0 radical (unpaired) electrons. The first-order valence-corrected chi connectivity index (χ1v) is 16.1. The summed E-state index contributed by atoms with van der Waals surface area (Å²) in [5.41, 5.74) is 8.19. The molecule has 0 bridgehead atoms. The maximum Gasteiger partial charge on any atom is -0.0307 e. The summed E-state index contributed by atoms with van der Waals surface area (Å²) in [5, 5.41) is 0. The molecule has 6 aromatic rings. The molecule has 0 saturated carbocycles. The minimum atomic E-state index is 1.14. The van der Waals surface area contributed by atoms with Gasteiger partial charge in [-0.15, -0.1) is 0 Å². The Labute approximate surface area is 275 Å². The molecule has 0 heteroatoms. The molecule has 234 valence electrons. The standard InChI is InChI=1S/3C8H10.3C7H8/c3*1-2-8-6-4-3-5-7-8;3*1-7-5-3-2-4-6-7/h3*3-7H,2H2,1H3;3*2-6H,1H3. The van der Waals surface area contributed by atoms with Crippen molar-refractivity contribution in [3.63, 3.8) is 0 Å². The van der Waals surface area contributed by atoms with Crippen LogP contribution in [0.5, 0.6) is 0 Å². The molecule has 0 fully saturated rings. The van der Waals surface area contributed by atoms with E-state index in [4.69, 9.17) is 0 Å². The summed E-state index contributed by atoms with van der Waals surface area (Å²) < 4.78 is 0. The quantitative estimate of drug-likeness (QED) is 0.191. The lowest BCUT2D eigenvalue weighted by molar-refractivity contribution is 1.14. The zero-order chi connectivity index (χ0) is 32.8. The van der Waals surface area contributed by atoms with Gasteiger partial charge >= 0.3 is 0 Å². The molecule has 0 heterocycles. The smallest absolute Gasteiger partial charge is 0.0307 e. The van der Waals surface area contributed by atoms with Crippen LogP contribution in [0.4, 0.5) is 0 Å². The molecule has 0 unspecified atom stereocenters. The van der Waals surface area contributed by atoms with Crippen molar-refractivity contribution in [2.24, 2.45) is 0 Å². The van der Waals surface area contributed by atoms with Crippen LogP contribution >= 0.6 is 0 Å². The summed E-state index contributed by atoms with van der Waals surface area (Å²) in [5.74, 6) is 0. The summed E-state index contributed by atoms with van der Waals surface area (Å²) in [7, 11) is 0. The third kappa shape index (κ3) is 22.5. The molecule has 6 aromatic carbocycles. The first-order valence-electron chi connectivity index (χ1n) is 16.1. The summed E-state index contributed by atoms with van der Waals surface area (Å²) >= 11 is 0. The van der Waals surface area contributed by atoms with Gasteiger partial charge in [-0.2, -0.15) is 0 Å². The van der Waals surface area contributed by atoms with E-state index < -0.39 is 0 Å². The Balaban J connectivity index is 0.000000270. The van der Waals surface area contributed by atoms with Crippen LogP contribution in [0.15, 0.2) is 182 Å². The fourth-order valence-electron chi connectivity index (χ4n) is 3.74. The van der Waals surface area contributed by atoms with Gasteiger partial charge in [0.1, 0.15) is 0 Å². The van der Waals surface area contributed by atoms with E-state index in [1.165, 1.54) is 33.4 Å². The maximum atomic E-state index is 2.16. The van der Waals surface area contributed by atoms with Gasteiger partial charge in [-0.3, -0.25) is 0 Å². The van der Waals surface area contributed by atoms with Gasteiger partial charge in [0, 0.05) is 0 Å². The first-order chi connectivity index (χ1) is 22.0. The molecule has 0 aliphatic rings. The number of benzene rings is 6. The van der Waals surface area contributed by atoms with Crippen molar-refractivity contribution in [3.05, 3.63) is 215 Å². The van der Waals surface area contributed by atoms with E-state index in [0.717, 1.165) is 19.3 Å². The maximum absolute atomic E-state index is 2.16. The Hall–Kier alpha value is -4.68. The fourth-order valence-corrected chi connectivity index (χ4v) is 3.74. The van der Waals surface area contributed by atoms with Crippen LogP contribution in [0, 0.1) is 20.8 Å². The largest absolute Gasteiger partial charge is 0.0622 e. The van der Waals surface area contributed by atoms with Crippen LogP contribution in [-0.2, 0) is 19.3 Å². The molecule has 6 rings (SSSR count). The molecule has 0 amide bonds. The van der Waals surface area contributed by atoms with E-state index >= 15 is 0 Å². The molecular weight excluding hydrogens is 540 g/mol. The van der Waals surface area contributed by atoms with Crippen LogP contribution in [0.2, 0.25) is 0 Å². The lowest BCUT2D eigenvalue weighted by Gasteiger charge is -1.89. The van der Waals surface area contributed by atoms with Crippen LogP contribution in [0.25, 0.3) is 0 Å². The van der Waals surface area contributed by atoms with E-state index in [1.54, 1.807) is 0 Å². The minimum Gasteiger partial charge on any atom is -0.0622 e. The van der Waals surface area contributed by atoms with E-state index in [9.17, 15) is 0 Å². The molecule has 0 N–H and O–H groups in total. The highest BCUT2D eigenvalue weighted by Crippen LogP contribution is 1.99. The predicted molar refractivity (Wildman–Crippen MR) is 201 cm³/mol. The molecule has 0 aromatic heterocycles. The number of hydrogen-bond acceptors (Lipinski definition) is 0. The van der Waals surface area contributed by atoms with Gasteiger partial charge in [-0.1, -0.05) is 219 Å². The lowest BCUT2D eigenvalue weighted by atomic mass is 10.2. The second-order valence-electron chi connectivity index (χ2n) is 10.5. The predicted octanol–water partition coefficient (Wildman–Crippen LogP) is 12.7. The van der Waals surface area contributed by atoms with Crippen molar-refractivity contribution in [3.8, 4) is 0 Å². The third-order valence-corrected chi connectivity index (χ3v) is 6.57. The second-order valence-corrected chi connectivity index (χ2v) is 10.5. The third-order valence-electron chi connectivity index (χ3n) is 6.57. The SMILES string of the molecule is CCc1ccccc1.CCc1ccccc1.CCc1ccccc1.Cc1ccccc1.Cc1ccccc1.Cc1ccccc1. The van der Waals surface area contributed by atoms with Crippen molar-refractivity contribution in [2.75, 3.05) is 0 Å². The molecule has 0 aliphatic heterocycles. The normalized spacial score (nSPS) is 8.93. The minimum absolute atomic E-state index is 1.14. The average Bonchev–Trinajstić information content (AvgIpc) is 3.12. The van der Waals surface area contributed by atoms with Crippen molar-refractivity contribution >= 4 is 0 Å². The van der Waals surface area contributed by atoms with Crippen molar-refractivity contribution < 1.29 is 0 Å². The van der Waals surface area contributed by atoms with Gasteiger partial charge < -0.3 is 0 Å². The van der Waals surface area contributed by atoms with Crippen molar-refractivity contribution in [2.45, 2.75) is 60.8 Å². The van der Waals surface area contributed by atoms with Crippen LogP contribution in [-0.4, -0.2) is 0 Å². The summed E-state index contributed by atoms with van der Waals surface area (Å²) in [6, 6.07) is 62.2. The molecule has 0 nitrogen and oxygen atoms in total. The molecule has 0 saturated heterocycles. The van der Waals surface area contributed by atoms with E-state index in [-0.39, 0.29) is 0 Å². The summed E-state index contributed by atoms with van der Waals surface area (Å²) in [6.07, 6.45) is 3.42. The summed E-state index contributed by atoms with van der Waals surface area (Å²) in [6.45, 7) is 12.7. The van der Waals surface area contributed by atoms with Gasteiger partial charge in [0.15, 0.2) is 0 Å². The first kappa shape index (κ1) is 38.3. The Morgan fingerprint density at radius 2 is 0.400 bits per heavy atom. The fraction of sp³-hybridized carbons (Fsp3) is 0.200. The van der Waals surface area contributed by atoms with Crippen molar-refractivity contribution in [1.82, 2.24) is 0 Å². The molecule has 0 atom stereocenters. The highest BCUT2D eigenvalue weighted by molar-refractivity contribution is 5.16. The zero-order valence-corrected chi connectivity index (χ0v) is 28.4. The highest BCUT2D eigenvalue weighted by Gasteiger charge is 1.81. The van der Waals surface area contributed by atoms with Gasteiger partial charge in [-0.05, 0) is 56.7 Å². The van der Waals surface area contributed by atoms with Crippen LogP contribution in [0.1, 0.15) is 54.2 Å². The number of aryl methyl sites for hydroxylation is 6. The Bertz CT molecular complexity index is 1230. The Morgan fingerprint density at radius 3 is 0.489 bits per heavy atom. The van der Waals surface area contributed by atoms with Gasteiger partial charge in [-0.25, -0.2) is 0 Å². The van der Waals surface area contributed by atoms with Crippen LogP contribution in [0.3, 0.4) is 0 Å². The van der Waals surface area contributed by atoms with Crippen molar-refractivity contribution in [1.29, 1.82) is 0 Å². The highest BCUT2D eigenvalue weighted by atomic mass is 13.9. The lowest BCUT2D eigenvalue weighted by Crippen LogP contribution is -1.73. The number of hydrogen-bond donors (Lipinski definition) is 0. The zero-order valence-electron chi connectivity index (χ0n) is 28.4. The number of rotatable bonds is 3. The Kier molecular flexibility index (Phi) is 22.9. The second kappa shape index (κ2) is 26.9. The molecule has 45 heavy (non-hydrogen) atoms. The summed E-state index contributed by atoms with van der Waals surface area (Å²) in [4.78, 5) is 0. The Morgan fingerprint density at radius 1 is 0.244 bits per heavy atom. The molecular formula is C45H54. The van der Waals surface area contributed by atoms with Gasteiger partial charge in [0.05, 0.1) is 0 Å². The topological polar surface area (TPSA) is 0 Å². The van der Waals surface area contributed by atoms with Crippen LogP contribution < -0.4 is 0 Å². The van der Waals surface area contributed by atoms with Gasteiger partial charge in [0.2, 0.25) is 0 Å². The average molecular weight is 595 g/mol. The molecule has 0 aliphatic carbocycles.